The SMILES string of the molecule is COCc1cc(CN[C@@H]2CCCC(C)(C)C2)n[nH]1. The molecule has 1 fully saturated rings. The average Bonchev–Trinajstić information content (AvgIpc) is 2.74. The lowest BCUT2D eigenvalue weighted by Gasteiger charge is -2.35. The number of methoxy groups -OCH3 is 1. The Labute approximate surface area is 110 Å². The van der Waals surface area contributed by atoms with Gasteiger partial charge in [-0.15, -0.1) is 0 Å². The number of hydrogen-bond donors (Lipinski definition) is 2. The second-order valence-electron chi connectivity index (χ2n) is 6.16. The molecule has 0 aliphatic heterocycles. The van der Waals surface area contributed by atoms with E-state index in [9.17, 15) is 0 Å². The third-order valence-electron chi connectivity index (χ3n) is 3.76. The second-order valence-corrected chi connectivity index (χ2v) is 6.16. The molecule has 1 aliphatic rings. The molecule has 0 unspecified atom stereocenters. The summed E-state index contributed by atoms with van der Waals surface area (Å²) >= 11 is 0. The molecule has 0 bridgehead atoms. The molecule has 1 atom stereocenters. The van der Waals surface area contributed by atoms with Crippen LogP contribution in [0.3, 0.4) is 0 Å². The minimum Gasteiger partial charge on any atom is -0.378 e. The van der Waals surface area contributed by atoms with Gasteiger partial charge in [-0.1, -0.05) is 20.3 Å². The van der Waals surface area contributed by atoms with Crippen molar-refractivity contribution in [1.29, 1.82) is 0 Å². The maximum absolute atomic E-state index is 5.07. The standard InChI is InChI=1S/C14H25N3O/c1-14(2)6-4-5-11(8-14)15-9-12-7-13(10-18-3)17-16-12/h7,11,15H,4-6,8-10H2,1-3H3,(H,16,17)/t11-/m1/s1. The van der Waals surface area contributed by atoms with Crippen LogP contribution in [0.1, 0.15) is 50.9 Å². The summed E-state index contributed by atoms with van der Waals surface area (Å²) in [7, 11) is 1.70. The molecule has 2 N–H and O–H groups in total. The zero-order chi connectivity index (χ0) is 13.0. The molecule has 1 aromatic heterocycles. The predicted molar refractivity (Wildman–Crippen MR) is 72.2 cm³/mol. The van der Waals surface area contributed by atoms with Gasteiger partial charge < -0.3 is 10.1 Å². The molecule has 1 aliphatic carbocycles. The highest BCUT2D eigenvalue weighted by molar-refractivity contribution is 5.07. The molecule has 4 heteroatoms. The fourth-order valence-electron chi connectivity index (χ4n) is 2.85. The number of rotatable bonds is 5. The number of nitrogens with one attached hydrogen (secondary N) is 2. The van der Waals surface area contributed by atoms with Crippen LogP contribution >= 0.6 is 0 Å². The summed E-state index contributed by atoms with van der Waals surface area (Å²) < 4.78 is 5.07. The van der Waals surface area contributed by atoms with Crippen LogP contribution in [-0.2, 0) is 17.9 Å². The van der Waals surface area contributed by atoms with Crippen LogP contribution in [0.25, 0.3) is 0 Å². The van der Waals surface area contributed by atoms with Crippen molar-refractivity contribution in [2.24, 2.45) is 5.41 Å². The van der Waals surface area contributed by atoms with E-state index in [1.807, 2.05) is 0 Å². The molecule has 0 aromatic carbocycles. The van der Waals surface area contributed by atoms with Gasteiger partial charge in [0.25, 0.3) is 0 Å². The average molecular weight is 251 g/mol. The highest BCUT2D eigenvalue weighted by Crippen LogP contribution is 2.35. The molecule has 0 spiro atoms. The van der Waals surface area contributed by atoms with E-state index in [4.69, 9.17) is 4.74 Å². The second kappa shape index (κ2) is 5.85. The summed E-state index contributed by atoms with van der Waals surface area (Å²) in [5.74, 6) is 0. The van der Waals surface area contributed by atoms with Crippen molar-refractivity contribution < 1.29 is 4.74 Å². The lowest BCUT2D eigenvalue weighted by atomic mass is 9.75. The Morgan fingerprint density at radius 2 is 2.39 bits per heavy atom. The van der Waals surface area contributed by atoms with E-state index < -0.39 is 0 Å². The highest BCUT2D eigenvalue weighted by Gasteiger charge is 2.27. The van der Waals surface area contributed by atoms with Gasteiger partial charge in [0.2, 0.25) is 0 Å². The molecule has 0 radical (unpaired) electrons. The first kappa shape index (κ1) is 13.6. The minimum absolute atomic E-state index is 0.489. The normalized spacial score (nSPS) is 23.2. The van der Waals surface area contributed by atoms with Crippen molar-refractivity contribution in [3.05, 3.63) is 17.5 Å². The maximum Gasteiger partial charge on any atom is 0.0878 e. The van der Waals surface area contributed by atoms with Crippen LogP contribution in [0.2, 0.25) is 0 Å². The number of ether oxygens (including phenoxy) is 1. The lowest BCUT2D eigenvalue weighted by molar-refractivity contribution is 0.181. The van der Waals surface area contributed by atoms with Gasteiger partial charge in [-0.3, -0.25) is 5.10 Å². The van der Waals surface area contributed by atoms with Gasteiger partial charge in [0, 0.05) is 19.7 Å². The van der Waals surface area contributed by atoms with Gasteiger partial charge in [0.05, 0.1) is 18.0 Å². The Bertz CT molecular complexity index is 373. The smallest absolute Gasteiger partial charge is 0.0878 e. The van der Waals surface area contributed by atoms with Crippen LogP contribution in [0, 0.1) is 5.41 Å². The summed E-state index contributed by atoms with van der Waals surface area (Å²) in [4.78, 5) is 0. The largest absolute Gasteiger partial charge is 0.378 e. The third kappa shape index (κ3) is 3.82. The monoisotopic (exact) mass is 251 g/mol. The molecule has 102 valence electrons. The van der Waals surface area contributed by atoms with Crippen LogP contribution in [0.15, 0.2) is 6.07 Å². The Balaban J connectivity index is 1.79. The first-order chi connectivity index (χ1) is 8.59. The molecular formula is C14H25N3O. The molecule has 2 rings (SSSR count). The quantitative estimate of drug-likeness (QED) is 0.845. The van der Waals surface area contributed by atoms with E-state index in [1.165, 1.54) is 25.7 Å². The molecule has 1 saturated carbocycles. The summed E-state index contributed by atoms with van der Waals surface area (Å²) in [6, 6.07) is 2.71. The van der Waals surface area contributed by atoms with Crippen molar-refractivity contribution in [2.45, 2.75) is 58.7 Å². The maximum atomic E-state index is 5.07. The van der Waals surface area contributed by atoms with Crippen molar-refractivity contribution in [3.63, 3.8) is 0 Å². The van der Waals surface area contributed by atoms with Gasteiger partial charge in [0.1, 0.15) is 0 Å². The lowest BCUT2D eigenvalue weighted by Crippen LogP contribution is -2.36. The highest BCUT2D eigenvalue weighted by atomic mass is 16.5. The molecule has 4 nitrogen and oxygen atoms in total. The van der Waals surface area contributed by atoms with Crippen LogP contribution in [-0.4, -0.2) is 23.3 Å². The topological polar surface area (TPSA) is 49.9 Å². The molecule has 18 heavy (non-hydrogen) atoms. The first-order valence-corrected chi connectivity index (χ1v) is 6.84. The number of H-pyrrole nitrogens is 1. The van der Waals surface area contributed by atoms with E-state index in [0.29, 0.717) is 18.1 Å². The van der Waals surface area contributed by atoms with E-state index in [1.54, 1.807) is 7.11 Å². The summed E-state index contributed by atoms with van der Waals surface area (Å²) in [5, 5.41) is 10.9. The van der Waals surface area contributed by atoms with Gasteiger partial charge in [-0.25, -0.2) is 0 Å². The van der Waals surface area contributed by atoms with E-state index in [-0.39, 0.29) is 0 Å². The number of aromatic amines is 1. The Morgan fingerprint density at radius 1 is 1.56 bits per heavy atom. The number of nitrogens with zero attached hydrogens (tertiary/aromatic N) is 1. The van der Waals surface area contributed by atoms with Crippen LogP contribution in [0.4, 0.5) is 0 Å². The molecule has 0 amide bonds. The summed E-state index contributed by atoms with van der Waals surface area (Å²) in [6.07, 6.45) is 5.24. The Kier molecular flexibility index (Phi) is 4.40. The summed E-state index contributed by atoms with van der Waals surface area (Å²) in [5.41, 5.74) is 2.60. The summed E-state index contributed by atoms with van der Waals surface area (Å²) in [6.45, 7) is 6.18. The number of aromatic nitrogens is 2. The van der Waals surface area contributed by atoms with Gasteiger partial charge in [0.15, 0.2) is 0 Å². The van der Waals surface area contributed by atoms with E-state index in [0.717, 1.165) is 17.9 Å². The van der Waals surface area contributed by atoms with Crippen molar-refractivity contribution in [2.75, 3.05) is 7.11 Å². The molecule has 0 saturated heterocycles. The minimum atomic E-state index is 0.489. The Hall–Kier alpha value is -0.870. The molecular weight excluding hydrogens is 226 g/mol. The third-order valence-corrected chi connectivity index (χ3v) is 3.76. The van der Waals surface area contributed by atoms with Crippen molar-refractivity contribution >= 4 is 0 Å². The number of hydrogen-bond acceptors (Lipinski definition) is 3. The van der Waals surface area contributed by atoms with Crippen molar-refractivity contribution in [3.8, 4) is 0 Å². The van der Waals surface area contributed by atoms with E-state index >= 15 is 0 Å². The zero-order valence-corrected chi connectivity index (χ0v) is 11.8. The zero-order valence-electron chi connectivity index (χ0n) is 11.8. The fraction of sp³-hybridized carbons (Fsp3) is 0.786. The fourth-order valence-corrected chi connectivity index (χ4v) is 2.85. The van der Waals surface area contributed by atoms with Gasteiger partial charge in [-0.2, -0.15) is 5.10 Å². The predicted octanol–water partition coefficient (Wildman–Crippen LogP) is 2.61. The van der Waals surface area contributed by atoms with Gasteiger partial charge >= 0.3 is 0 Å². The van der Waals surface area contributed by atoms with Crippen LogP contribution < -0.4 is 5.32 Å². The first-order valence-electron chi connectivity index (χ1n) is 6.84. The molecule has 1 heterocycles. The van der Waals surface area contributed by atoms with Gasteiger partial charge in [-0.05, 0) is 30.7 Å². The van der Waals surface area contributed by atoms with E-state index in [2.05, 4.69) is 35.4 Å². The van der Waals surface area contributed by atoms with Crippen LogP contribution in [0.5, 0.6) is 0 Å². The Morgan fingerprint density at radius 3 is 3.11 bits per heavy atom. The van der Waals surface area contributed by atoms with Crippen molar-refractivity contribution in [1.82, 2.24) is 15.5 Å². The molecule has 1 aromatic rings.